The standard InChI is InChI=1S/C21H26N6.C3H6F2/c1-13(2)24-19-14(3)8-15(11-22-19)17-6-7-27-18(17)12-23-20(26-27)25-16-9-21(4,5)10-16;1-2-3(4)5/h6-8,11-12,16H,9-10H2,1-5H3,(H,25,26);3H,2H2,1H3. The summed E-state index contributed by atoms with van der Waals surface area (Å²) in [6.07, 6.45) is 5.89. The Morgan fingerprint density at radius 2 is 1.94 bits per heavy atom. The third kappa shape index (κ3) is 5.87. The summed E-state index contributed by atoms with van der Waals surface area (Å²) >= 11 is 0. The van der Waals surface area contributed by atoms with E-state index >= 15 is 0 Å². The number of alkyl halides is 2. The molecule has 32 heavy (non-hydrogen) atoms. The number of fused-ring (bicyclic) bond motifs is 1. The quantitative estimate of drug-likeness (QED) is 0.460. The number of anilines is 1. The van der Waals surface area contributed by atoms with Gasteiger partial charge in [-0.15, -0.1) is 5.10 Å². The summed E-state index contributed by atoms with van der Waals surface area (Å²) in [6, 6.07) is 4.65. The van der Waals surface area contributed by atoms with Crippen LogP contribution in [0.1, 0.15) is 59.4 Å². The van der Waals surface area contributed by atoms with Gasteiger partial charge in [0.25, 0.3) is 0 Å². The molecule has 0 bridgehead atoms. The van der Waals surface area contributed by atoms with Crippen molar-refractivity contribution in [3.8, 4) is 11.1 Å². The molecule has 1 saturated carbocycles. The third-order valence-corrected chi connectivity index (χ3v) is 5.35. The zero-order chi connectivity index (χ0) is 23.5. The highest BCUT2D eigenvalue weighted by Crippen LogP contribution is 2.41. The number of nitrogens with zero attached hydrogens (tertiary/aromatic N) is 5. The fraction of sp³-hybridized carbons (Fsp3) is 0.500. The Labute approximate surface area is 188 Å². The molecule has 1 N–H and O–H groups in total. The average Bonchev–Trinajstić information content (AvgIpc) is 3.11. The second-order valence-corrected chi connectivity index (χ2v) is 9.28. The number of hydrogen-bond donors (Lipinski definition) is 1. The minimum atomic E-state index is -2.12. The second kappa shape index (κ2) is 9.71. The number of rotatable bonds is 5. The Hall–Kier alpha value is -2.90. The predicted molar refractivity (Wildman–Crippen MR) is 126 cm³/mol. The van der Waals surface area contributed by atoms with Gasteiger partial charge in [0.2, 0.25) is 12.4 Å². The van der Waals surface area contributed by atoms with Gasteiger partial charge in [-0.3, -0.25) is 0 Å². The Kier molecular flexibility index (Phi) is 7.21. The van der Waals surface area contributed by atoms with Crippen molar-refractivity contribution in [3.05, 3.63) is 36.3 Å². The van der Waals surface area contributed by atoms with Crippen LogP contribution in [-0.2, 0) is 0 Å². The first-order chi connectivity index (χ1) is 15.1. The molecule has 3 aromatic rings. The van der Waals surface area contributed by atoms with Crippen molar-refractivity contribution in [2.75, 3.05) is 5.32 Å². The second-order valence-electron chi connectivity index (χ2n) is 9.28. The Morgan fingerprint density at radius 3 is 2.50 bits per heavy atom. The van der Waals surface area contributed by atoms with Crippen LogP contribution in [0.4, 0.5) is 20.5 Å². The fourth-order valence-electron chi connectivity index (χ4n) is 3.81. The van der Waals surface area contributed by atoms with Gasteiger partial charge in [-0.25, -0.2) is 28.3 Å². The molecule has 0 saturated heterocycles. The van der Waals surface area contributed by atoms with Gasteiger partial charge in [-0.05, 0) is 56.7 Å². The monoisotopic (exact) mass is 442 g/mol. The molecule has 0 aromatic carbocycles. The summed E-state index contributed by atoms with van der Waals surface area (Å²) < 4.78 is 23.4. The number of aliphatic imine (C=N–C) groups is 1. The van der Waals surface area contributed by atoms with Crippen LogP contribution < -0.4 is 5.32 Å². The van der Waals surface area contributed by atoms with Crippen LogP contribution in [0.25, 0.3) is 16.6 Å². The maximum atomic E-state index is 10.8. The highest BCUT2D eigenvalue weighted by atomic mass is 19.3. The summed E-state index contributed by atoms with van der Waals surface area (Å²) in [5, 5.41) is 8.06. The van der Waals surface area contributed by atoms with Crippen LogP contribution in [0.3, 0.4) is 0 Å². The first kappa shape index (κ1) is 23.8. The summed E-state index contributed by atoms with van der Waals surface area (Å²) in [6.45, 7) is 12.0. The van der Waals surface area contributed by atoms with Crippen LogP contribution in [0.5, 0.6) is 0 Å². The van der Waals surface area contributed by atoms with Crippen molar-refractivity contribution in [2.24, 2.45) is 10.4 Å². The zero-order valence-corrected chi connectivity index (χ0v) is 19.7. The molecule has 3 aromatic heterocycles. The molecule has 4 rings (SSSR count). The highest BCUT2D eigenvalue weighted by molar-refractivity contribution is 5.83. The van der Waals surface area contributed by atoms with Crippen LogP contribution in [0, 0.1) is 12.3 Å². The van der Waals surface area contributed by atoms with E-state index in [9.17, 15) is 8.78 Å². The minimum Gasteiger partial charge on any atom is -0.350 e. The summed E-state index contributed by atoms with van der Waals surface area (Å²) in [5.41, 5.74) is 5.58. The summed E-state index contributed by atoms with van der Waals surface area (Å²) in [4.78, 5) is 13.5. The van der Waals surface area contributed by atoms with Crippen LogP contribution in [-0.4, -0.2) is 37.8 Å². The molecule has 0 amide bonds. The van der Waals surface area contributed by atoms with Crippen molar-refractivity contribution >= 4 is 23.0 Å². The smallest absolute Gasteiger partial charge is 0.241 e. The van der Waals surface area contributed by atoms with E-state index in [1.165, 1.54) is 6.92 Å². The molecule has 172 valence electrons. The SMILES string of the molecule is CC(C)=Nc1ncc(-c2ccn3nc(NC4CC(C)(C)C4)ncc23)cc1C.CCC(F)F. The average molecular weight is 443 g/mol. The van der Waals surface area contributed by atoms with Gasteiger partial charge in [0, 0.05) is 41.7 Å². The molecular weight excluding hydrogens is 410 g/mol. The van der Waals surface area contributed by atoms with Gasteiger partial charge in [0.1, 0.15) is 0 Å². The molecule has 0 atom stereocenters. The first-order valence-electron chi connectivity index (χ1n) is 11.0. The highest BCUT2D eigenvalue weighted by Gasteiger charge is 2.36. The third-order valence-electron chi connectivity index (χ3n) is 5.35. The van der Waals surface area contributed by atoms with E-state index in [4.69, 9.17) is 0 Å². The van der Waals surface area contributed by atoms with Crippen molar-refractivity contribution in [2.45, 2.75) is 73.3 Å². The van der Waals surface area contributed by atoms with Gasteiger partial charge in [-0.2, -0.15) is 0 Å². The van der Waals surface area contributed by atoms with Crippen molar-refractivity contribution in [3.63, 3.8) is 0 Å². The van der Waals surface area contributed by atoms with Gasteiger partial charge < -0.3 is 5.32 Å². The number of aromatic nitrogens is 4. The number of halogens is 2. The van der Waals surface area contributed by atoms with Gasteiger partial charge >= 0.3 is 0 Å². The van der Waals surface area contributed by atoms with Crippen molar-refractivity contribution < 1.29 is 8.78 Å². The molecule has 0 spiro atoms. The zero-order valence-electron chi connectivity index (χ0n) is 19.7. The molecule has 1 fully saturated rings. The van der Waals surface area contributed by atoms with Crippen LogP contribution >= 0.6 is 0 Å². The van der Waals surface area contributed by atoms with Crippen LogP contribution in [0.2, 0.25) is 0 Å². The molecule has 0 aliphatic heterocycles. The predicted octanol–water partition coefficient (Wildman–Crippen LogP) is 6.47. The minimum absolute atomic E-state index is 0.0278. The normalized spacial score (nSPS) is 15.2. The van der Waals surface area contributed by atoms with E-state index in [2.05, 4.69) is 51.4 Å². The molecule has 6 nitrogen and oxygen atoms in total. The molecule has 0 unspecified atom stereocenters. The lowest BCUT2D eigenvalue weighted by Gasteiger charge is -2.42. The van der Waals surface area contributed by atoms with Crippen molar-refractivity contribution in [1.29, 1.82) is 0 Å². The number of aryl methyl sites for hydroxylation is 1. The maximum absolute atomic E-state index is 10.8. The molecule has 1 aliphatic carbocycles. The number of pyridine rings is 1. The fourth-order valence-corrected chi connectivity index (χ4v) is 3.81. The lowest BCUT2D eigenvalue weighted by molar-refractivity contribution is 0.144. The van der Waals surface area contributed by atoms with Gasteiger partial charge in [0.05, 0.1) is 11.7 Å². The Bertz CT molecular complexity index is 1090. The Morgan fingerprint density at radius 1 is 1.25 bits per heavy atom. The molecule has 0 radical (unpaired) electrons. The molecule has 3 heterocycles. The molecular formula is C24H32F2N6. The lowest BCUT2D eigenvalue weighted by atomic mass is 9.68. The largest absolute Gasteiger partial charge is 0.350 e. The van der Waals surface area contributed by atoms with E-state index in [1.807, 2.05) is 43.9 Å². The maximum Gasteiger partial charge on any atom is 0.241 e. The summed E-state index contributed by atoms with van der Waals surface area (Å²) in [5.74, 6) is 1.45. The topological polar surface area (TPSA) is 67.5 Å². The summed E-state index contributed by atoms with van der Waals surface area (Å²) in [7, 11) is 0. The van der Waals surface area contributed by atoms with E-state index in [0.29, 0.717) is 17.4 Å². The van der Waals surface area contributed by atoms with E-state index < -0.39 is 6.43 Å². The Balaban J connectivity index is 0.000000523. The number of hydrogen-bond acceptors (Lipinski definition) is 5. The van der Waals surface area contributed by atoms with Gasteiger partial charge in [-0.1, -0.05) is 20.8 Å². The van der Waals surface area contributed by atoms with E-state index in [1.54, 1.807) is 0 Å². The van der Waals surface area contributed by atoms with Crippen molar-refractivity contribution in [1.82, 2.24) is 19.6 Å². The molecule has 8 heteroatoms. The van der Waals surface area contributed by atoms with Crippen LogP contribution in [0.15, 0.2) is 35.7 Å². The van der Waals surface area contributed by atoms with Gasteiger partial charge in [0.15, 0.2) is 5.82 Å². The molecule has 1 aliphatic rings. The first-order valence-corrected chi connectivity index (χ1v) is 11.0. The van der Waals surface area contributed by atoms with E-state index in [-0.39, 0.29) is 6.42 Å². The lowest BCUT2D eigenvalue weighted by Crippen LogP contribution is -2.41. The van der Waals surface area contributed by atoms with E-state index in [0.717, 1.165) is 46.6 Å². The number of nitrogens with one attached hydrogen (secondary N) is 1.